The van der Waals surface area contributed by atoms with Crippen molar-refractivity contribution in [1.29, 1.82) is 0 Å². The fourth-order valence-electron chi connectivity index (χ4n) is 8.52. The van der Waals surface area contributed by atoms with E-state index in [9.17, 15) is 14.4 Å². The third-order valence-electron chi connectivity index (χ3n) is 11.3. The summed E-state index contributed by atoms with van der Waals surface area (Å²) in [5.41, 5.74) is 4.31. The topological polar surface area (TPSA) is 149 Å². The van der Waals surface area contributed by atoms with Crippen LogP contribution in [0.25, 0.3) is 15.5 Å². The van der Waals surface area contributed by atoms with Crippen molar-refractivity contribution in [3.63, 3.8) is 0 Å². The molecule has 1 aromatic heterocycles. The summed E-state index contributed by atoms with van der Waals surface area (Å²) < 4.78 is 10.1. The third kappa shape index (κ3) is 8.24. The molecule has 3 amide bonds. The first-order valence-corrected chi connectivity index (χ1v) is 21.4. The molecule has 13 nitrogen and oxygen atoms in total. The average Bonchev–Trinajstić information content (AvgIpc) is 4.02. The van der Waals surface area contributed by atoms with Crippen LogP contribution in [0.5, 0.6) is 0 Å². The molecule has 6 unspecified atom stereocenters. The van der Waals surface area contributed by atoms with Gasteiger partial charge in [-0.25, -0.2) is 14.8 Å². The van der Waals surface area contributed by atoms with E-state index in [0.717, 1.165) is 60.8 Å². The number of likely N-dealkylation sites (tertiary alicyclic amines) is 2. The molecule has 300 valence electrons. The number of methoxy groups -OCH3 is 2. The van der Waals surface area contributed by atoms with Crippen LogP contribution in [0.15, 0.2) is 53.8 Å². The third-order valence-corrected chi connectivity index (χ3v) is 14.1. The van der Waals surface area contributed by atoms with E-state index in [2.05, 4.69) is 65.9 Å². The number of hydrogen-bond donors (Lipinski definition) is 3. The maximum Gasteiger partial charge on any atom is 0.407 e. The van der Waals surface area contributed by atoms with E-state index in [1.807, 2.05) is 71.5 Å². The highest BCUT2D eigenvalue weighted by Gasteiger charge is 2.42. The number of fused-ring (bicyclic) bond motifs is 1. The van der Waals surface area contributed by atoms with Gasteiger partial charge in [0.2, 0.25) is 17.6 Å². The Bertz CT molecular complexity index is 1920. The Morgan fingerprint density at radius 3 is 2.23 bits per heavy atom. The van der Waals surface area contributed by atoms with Gasteiger partial charge in [0.25, 0.3) is 0 Å². The number of carbonyl (C=O) groups is 3. The molecule has 2 fully saturated rings. The number of ether oxygens (including phenoxy) is 2. The first kappa shape index (κ1) is 40.3. The minimum Gasteiger partial charge on any atom is -0.453 e. The van der Waals surface area contributed by atoms with Gasteiger partial charge in [0.05, 0.1) is 44.0 Å². The fourth-order valence-corrected chi connectivity index (χ4v) is 11.4. The van der Waals surface area contributed by atoms with E-state index in [4.69, 9.17) is 19.5 Å². The quantitative estimate of drug-likeness (QED) is 0.241. The van der Waals surface area contributed by atoms with Crippen LogP contribution >= 0.6 is 23.5 Å². The smallest absolute Gasteiger partial charge is 0.407 e. The highest BCUT2D eigenvalue weighted by Crippen LogP contribution is 2.53. The molecule has 56 heavy (non-hydrogen) atoms. The number of carbonyl (C=O) groups excluding carboxylic acids is 3. The van der Waals surface area contributed by atoms with Gasteiger partial charge in [-0.2, -0.15) is 0 Å². The first-order chi connectivity index (χ1) is 27.0. The number of H-pyrrole nitrogens is 1. The van der Waals surface area contributed by atoms with Crippen LogP contribution in [-0.4, -0.2) is 118 Å². The number of quaternary nitrogens is 1. The molecular formula is C41H55N8O5S2+. The molecule has 5 aliphatic heterocycles. The highest BCUT2D eigenvalue weighted by molar-refractivity contribution is 8.14. The van der Waals surface area contributed by atoms with Crippen molar-refractivity contribution in [2.75, 3.05) is 41.1 Å². The molecule has 1 aromatic carbocycles. The lowest BCUT2D eigenvalue weighted by Crippen LogP contribution is -2.87. The molecule has 2 aromatic rings. The molecule has 5 aliphatic rings. The van der Waals surface area contributed by atoms with Gasteiger partial charge in [-0.15, -0.1) is 23.5 Å². The SMILES string of the molecule is COCN(C)C(C(=O)N1CCCC1c1ncc(C2=CC3SC(c4ccc(C5=CN=C(C6CCCN6C(=O)C(NC(=O)OC)C(C)C)[NH2+]5)cc4)=CC3S2)[nH]1)C(C)C. The summed E-state index contributed by atoms with van der Waals surface area (Å²) in [6.45, 7) is 9.80. The van der Waals surface area contributed by atoms with Crippen LogP contribution < -0.4 is 10.6 Å². The number of nitrogens with zero attached hydrogens (tertiary/aromatic N) is 5. The Balaban J connectivity index is 0.941. The van der Waals surface area contributed by atoms with E-state index in [1.54, 1.807) is 7.11 Å². The van der Waals surface area contributed by atoms with Crippen LogP contribution in [0.3, 0.4) is 0 Å². The molecule has 4 N–H and O–H groups in total. The Kier molecular flexibility index (Phi) is 12.5. The maximum atomic E-state index is 13.8. The number of alkyl carbamates (subject to hydrolysis) is 1. The summed E-state index contributed by atoms with van der Waals surface area (Å²) in [6, 6.07) is 7.57. The summed E-state index contributed by atoms with van der Waals surface area (Å²) >= 11 is 3.76. The number of rotatable bonds is 13. The van der Waals surface area contributed by atoms with Crippen molar-refractivity contribution in [2.45, 2.75) is 88.0 Å². The Morgan fingerprint density at radius 1 is 0.929 bits per heavy atom. The minimum atomic E-state index is -0.658. The van der Waals surface area contributed by atoms with Crippen LogP contribution in [-0.2, 0) is 19.1 Å². The largest absolute Gasteiger partial charge is 0.453 e. The number of amidine groups is 1. The van der Waals surface area contributed by atoms with E-state index < -0.39 is 12.1 Å². The van der Waals surface area contributed by atoms with Gasteiger partial charge in [-0.05, 0) is 62.3 Å². The number of amides is 3. The van der Waals surface area contributed by atoms with Crippen molar-refractivity contribution in [2.24, 2.45) is 16.8 Å². The van der Waals surface area contributed by atoms with Gasteiger partial charge in [-0.1, -0.05) is 52.0 Å². The molecule has 6 atom stereocenters. The summed E-state index contributed by atoms with van der Waals surface area (Å²) in [5.74, 6) is 1.85. The predicted octanol–water partition coefficient (Wildman–Crippen LogP) is 4.89. The second-order valence-corrected chi connectivity index (χ2v) is 18.3. The Labute approximate surface area is 338 Å². The monoisotopic (exact) mass is 803 g/mol. The number of nitrogens with one attached hydrogen (secondary N) is 2. The van der Waals surface area contributed by atoms with E-state index in [0.29, 0.717) is 23.8 Å². The van der Waals surface area contributed by atoms with Crippen molar-refractivity contribution in [1.82, 2.24) is 30.0 Å². The summed E-state index contributed by atoms with van der Waals surface area (Å²) in [7, 11) is 4.91. The fraction of sp³-hybridized carbons (Fsp3) is 0.537. The second kappa shape index (κ2) is 17.3. The molecule has 6 heterocycles. The Hall–Kier alpha value is -3.89. The van der Waals surface area contributed by atoms with Gasteiger partial charge < -0.3 is 29.6 Å². The predicted molar refractivity (Wildman–Crippen MR) is 222 cm³/mol. The van der Waals surface area contributed by atoms with E-state index in [-0.39, 0.29) is 41.8 Å². The summed E-state index contributed by atoms with van der Waals surface area (Å²) in [4.78, 5) is 60.8. The number of aromatic amines is 1. The van der Waals surface area contributed by atoms with Crippen LogP contribution in [0.2, 0.25) is 0 Å². The zero-order valence-electron chi connectivity index (χ0n) is 33.4. The highest BCUT2D eigenvalue weighted by atomic mass is 32.2. The normalized spacial score (nSPS) is 24.4. The van der Waals surface area contributed by atoms with Crippen molar-refractivity contribution >= 4 is 62.8 Å². The number of nitrogens with two attached hydrogens (primary N) is 1. The number of benzene rings is 1. The van der Waals surface area contributed by atoms with Crippen molar-refractivity contribution in [3.8, 4) is 0 Å². The number of likely N-dealkylation sites (N-methyl/N-ethyl adjacent to an activating group) is 1. The zero-order valence-corrected chi connectivity index (χ0v) is 35.0. The molecule has 15 heteroatoms. The molecular weight excluding hydrogens is 749 g/mol. The van der Waals surface area contributed by atoms with Crippen LogP contribution in [0.1, 0.15) is 82.1 Å². The van der Waals surface area contributed by atoms with E-state index >= 15 is 0 Å². The lowest BCUT2D eigenvalue weighted by molar-refractivity contribution is -0.435. The van der Waals surface area contributed by atoms with Gasteiger partial charge >= 0.3 is 6.09 Å². The molecule has 7 rings (SSSR count). The maximum absolute atomic E-state index is 13.8. The molecule has 0 radical (unpaired) electrons. The minimum absolute atomic E-state index is 0.0551. The van der Waals surface area contributed by atoms with Gasteiger partial charge in [0, 0.05) is 46.1 Å². The Morgan fingerprint density at radius 2 is 1.57 bits per heavy atom. The van der Waals surface area contributed by atoms with Gasteiger partial charge in [0.1, 0.15) is 17.9 Å². The average molecular weight is 804 g/mol. The molecule has 0 aliphatic carbocycles. The number of thioether (sulfide) groups is 2. The lowest BCUT2D eigenvalue weighted by atomic mass is 10.0. The molecule has 0 spiro atoms. The van der Waals surface area contributed by atoms with E-state index in [1.165, 1.54) is 22.5 Å². The summed E-state index contributed by atoms with van der Waals surface area (Å²) in [6.07, 6.45) is 11.5. The standard InChI is InChI=1S/C41H54N8O5S2/c1-23(2)35(46-41(52)54-7)39(50)48-16-8-10-29(48)37-42-20-27(44-37)25-12-14-26(15-13-25)31-18-33-34(55-31)19-32(56-33)28-21-43-38(45-28)30-11-9-17-49(30)40(51)36(24(3)4)47(5)22-53-6/h12-15,18-21,23-24,29-30,33-36H,8-11,16-17,22H2,1-7H3,(H,42,44)(H,43,45)(H,46,52)/p+1. The van der Waals surface area contributed by atoms with Gasteiger partial charge in [-0.3, -0.25) is 19.8 Å². The van der Waals surface area contributed by atoms with Crippen molar-refractivity contribution in [3.05, 3.63) is 71.5 Å². The lowest BCUT2D eigenvalue weighted by Gasteiger charge is -2.34. The molecule has 0 bridgehead atoms. The van der Waals surface area contributed by atoms with Crippen LogP contribution in [0.4, 0.5) is 4.79 Å². The molecule has 2 saturated heterocycles. The number of aromatic nitrogens is 2. The summed E-state index contributed by atoms with van der Waals surface area (Å²) in [5, 5.41) is 5.48. The number of hydrogen-bond acceptors (Lipinski definition) is 10. The van der Waals surface area contributed by atoms with Crippen LogP contribution in [0, 0.1) is 11.8 Å². The van der Waals surface area contributed by atoms with Gasteiger partial charge in [0.15, 0.2) is 5.70 Å². The number of imidazole rings is 1. The molecule has 0 saturated carbocycles. The second-order valence-electron chi connectivity index (χ2n) is 15.9. The number of aliphatic imine (C=N–C) groups is 1. The zero-order chi connectivity index (χ0) is 39.7. The van der Waals surface area contributed by atoms with Crippen molar-refractivity contribution < 1.29 is 29.2 Å². The first-order valence-electron chi connectivity index (χ1n) is 19.7.